The lowest BCUT2D eigenvalue weighted by Gasteiger charge is -2.39. The van der Waals surface area contributed by atoms with Gasteiger partial charge in [-0.3, -0.25) is 19.9 Å². The molecule has 8 heteroatoms. The fraction of sp³-hybridized carbons (Fsp3) is 0.391. The third-order valence-electron chi connectivity index (χ3n) is 6.74. The number of pyridine rings is 1. The van der Waals surface area contributed by atoms with Gasteiger partial charge in [-0.05, 0) is 42.9 Å². The lowest BCUT2D eigenvalue weighted by molar-refractivity contribution is 0.0705. The second-order valence-electron chi connectivity index (χ2n) is 8.65. The van der Waals surface area contributed by atoms with Crippen molar-refractivity contribution in [3.05, 3.63) is 60.0 Å². The summed E-state index contributed by atoms with van der Waals surface area (Å²) in [7, 11) is 0. The van der Waals surface area contributed by atoms with Gasteiger partial charge in [0.05, 0.1) is 11.1 Å². The summed E-state index contributed by atoms with van der Waals surface area (Å²) in [6.07, 6.45) is 8.22. The number of nitrogens with one attached hydrogen (secondary N) is 1. The highest BCUT2D eigenvalue weighted by molar-refractivity contribution is 5.92. The summed E-state index contributed by atoms with van der Waals surface area (Å²) in [5, 5.41) is 9.92. The Morgan fingerprint density at radius 3 is 2.55 bits per heavy atom. The Kier molecular flexibility index (Phi) is 5.25. The molecule has 0 saturated carbocycles. The van der Waals surface area contributed by atoms with E-state index in [9.17, 15) is 4.79 Å². The van der Waals surface area contributed by atoms with Gasteiger partial charge >= 0.3 is 0 Å². The summed E-state index contributed by atoms with van der Waals surface area (Å²) < 4.78 is 0. The summed E-state index contributed by atoms with van der Waals surface area (Å²) >= 11 is 0. The molecule has 1 amide bonds. The SMILES string of the molecule is O=C(NO)c1cnc(N2CCC3(CCN(Cc4cccc5cccnc45)C3)CC2)nc1. The van der Waals surface area contributed by atoms with E-state index in [-0.39, 0.29) is 5.56 Å². The van der Waals surface area contributed by atoms with Crippen LogP contribution in [0, 0.1) is 5.41 Å². The van der Waals surface area contributed by atoms with E-state index < -0.39 is 5.91 Å². The van der Waals surface area contributed by atoms with E-state index in [0.29, 0.717) is 11.4 Å². The van der Waals surface area contributed by atoms with Gasteiger partial charge in [-0.2, -0.15) is 0 Å². The first-order chi connectivity index (χ1) is 15.2. The average molecular weight is 419 g/mol. The zero-order valence-corrected chi connectivity index (χ0v) is 17.4. The van der Waals surface area contributed by atoms with Crippen LogP contribution in [0.25, 0.3) is 10.9 Å². The van der Waals surface area contributed by atoms with Crippen LogP contribution in [0.15, 0.2) is 48.9 Å². The number of hydroxylamine groups is 1. The Labute approximate surface area is 180 Å². The Bertz CT molecular complexity index is 1070. The quantitative estimate of drug-likeness (QED) is 0.497. The van der Waals surface area contributed by atoms with E-state index >= 15 is 0 Å². The number of carbonyl (C=O) groups excluding carboxylic acids is 1. The molecule has 0 atom stereocenters. The van der Waals surface area contributed by atoms with Gasteiger partial charge < -0.3 is 4.90 Å². The molecule has 1 spiro atoms. The minimum absolute atomic E-state index is 0.245. The number of hydrogen-bond donors (Lipinski definition) is 2. The maximum Gasteiger partial charge on any atom is 0.277 e. The number of fused-ring (bicyclic) bond motifs is 1. The van der Waals surface area contributed by atoms with E-state index in [1.807, 2.05) is 12.3 Å². The number of carbonyl (C=O) groups is 1. The predicted molar refractivity (Wildman–Crippen MR) is 117 cm³/mol. The molecule has 2 N–H and O–H groups in total. The van der Waals surface area contributed by atoms with Crippen LogP contribution in [-0.4, -0.2) is 57.1 Å². The monoisotopic (exact) mass is 418 g/mol. The first kappa shape index (κ1) is 19.8. The van der Waals surface area contributed by atoms with Crippen molar-refractivity contribution in [1.82, 2.24) is 25.3 Å². The van der Waals surface area contributed by atoms with E-state index in [4.69, 9.17) is 5.21 Å². The van der Waals surface area contributed by atoms with Crippen molar-refractivity contribution in [3.8, 4) is 0 Å². The molecule has 2 fully saturated rings. The molecular formula is C23H26N6O2. The van der Waals surface area contributed by atoms with Crippen molar-refractivity contribution in [2.45, 2.75) is 25.8 Å². The van der Waals surface area contributed by atoms with E-state index in [1.165, 1.54) is 29.8 Å². The molecule has 1 aromatic carbocycles. The van der Waals surface area contributed by atoms with Crippen molar-refractivity contribution in [1.29, 1.82) is 0 Å². The molecule has 2 aliphatic heterocycles. The standard InChI is InChI=1S/C23H26N6O2/c30-21(27-31)19-13-25-22(26-14-19)29-11-7-23(8-12-29)6-10-28(16-23)15-18-4-1-3-17-5-2-9-24-20(17)18/h1-5,9,13-14,31H,6-8,10-12,15-16H2,(H,27,30). The fourth-order valence-electron chi connectivity index (χ4n) is 4.95. The zero-order valence-electron chi connectivity index (χ0n) is 17.4. The first-order valence-electron chi connectivity index (χ1n) is 10.7. The molecule has 3 aromatic rings. The summed E-state index contributed by atoms with van der Waals surface area (Å²) in [6, 6.07) is 10.6. The second-order valence-corrected chi connectivity index (χ2v) is 8.65. The topological polar surface area (TPSA) is 94.5 Å². The van der Waals surface area contributed by atoms with Crippen molar-refractivity contribution in [2.75, 3.05) is 31.1 Å². The van der Waals surface area contributed by atoms with Crippen LogP contribution in [-0.2, 0) is 6.54 Å². The van der Waals surface area contributed by atoms with Gasteiger partial charge in [-0.1, -0.05) is 24.3 Å². The molecule has 31 heavy (non-hydrogen) atoms. The van der Waals surface area contributed by atoms with E-state index in [0.717, 1.165) is 51.1 Å². The van der Waals surface area contributed by atoms with Gasteiger partial charge in [-0.25, -0.2) is 15.4 Å². The first-order valence-corrected chi connectivity index (χ1v) is 10.7. The third kappa shape index (κ3) is 3.96. The Hall–Kier alpha value is -3.10. The Balaban J connectivity index is 1.21. The van der Waals surface area contributed by atoms with Crippen molar-refractivity contribution >= 4 is 22.8 Å². The van der Waals surface area contributed by atoms with Crippen LogP contribution in [0.4, 0.5) is 5.95 Å². The van der Waals surface area contributed by atoms with Crippen LogP contribution in [0.5, 0.6) is 0 Å². The molecule has 2 aliphatic rings. The fourth-order valence-corrected chi connectivity index (χ4v) is 4.95. The molecule has 0 unspecified atom stereocenters. The van der Waals surface area contributed by atoms with Crippen molar-refractivity contribution in [2.24, 2.45) is 5.41 Å². The third-order valence-corrected chi connectivity index (χ3v) is 6.74. The average Bonchev–Trinajstić information content (AvgIpc) is 3.21. The number of piperidine rings is 1. The van der Waals surface area contributed by atoms with Crippen LogP contribution in [0.3, 0.4) is 0 Å². The molecule has 5 rings (SSSR count). The van der Waals surface area contributed by atoms with Crippen LogP contribution >= 0.6 is 0 Å². The number of likely N-dealkylation sites (tertiary alicyclic amines) is 1. The Morgan fingerprint density at radius 2 is 1.77 bits per heavy atom. The van der Waals surface area contributed by atoms with Crippen LogP contribution in [0.2, 0.25) is 0 Å². The largest absolute Gasteiger partial charge is 0.341 e. The Morgan fingerprint density at radius 1 is 1.03 bits per heavy atom. The van der Waals surface area contributed by atoms with Gasteiger partial charge in [0.1, 0.15) is 0 Å². The number of hydrogen-bond acceptors (Lipinski definition) is 7. The summed E-state index contributed by atoms with van der Waals surface area (Å²) in [4.78, 5) is 29.4. The molecule has 4 heterocycles. The number of aromatic nitrogens is 3. The number of amides is 1. The predicted octanol–water partition coefficient (Wildman–Crippen LogP) is 2.64. The molecule has 0 radical (unpaired) electrons. The molecular weight excluding hydrogens is 392 g/mol. The second kappa shape index (κ2) is 8.20. The van der Waals surface area contributed by atoms with Gasteiger partial charge in [-0.15, -0.1) is 0 Å². The summed E-state index contributed by atoms with van der Waals surface area (Å²) in [5.74, 6) is 0.0395. The highest BCUT2D eigenvalue weighted by Crippen LogP contribution is 2.41. The molecule has 0 bridgehead atoms. The van der Waals surface area contributed by atoms with E-state index in [2.05, 4.69) is 49.0 Å². The van der Waals surface area contributed by atoms with Crippen LogP contribution < -0.4 is 10.4 Å². The summed E-state index contributed by atoms with van der Waals surface area (Å²) in [5.41, 5.74) is 4.61. The highest BCUT2D eigenvalue weighted by Gasteiger charge is 2.40. The normalized spacial score (nSPS) is 18.5. The smallest absolute Gasteiger partial charge is 0.277 e. The number of rotatable bonds is 4. The maximum absolute atomic E-state index is 11.4. The van der Waals surface area contributed by atoms with Crippen molar-refractivity contribution in [3.63, 3.8) is 0 Å². The lowest BCUT2D eigenvalue weighted by Crippen LogP contribution is -2.42. The molecule has 8 nitrogen and oxygen atoms in total. The minimum Gasteiger partial charge on any atom is -0.341 e. The van der Waals surface area contributed by atoms with Crippen LogP contribution in [0.1, 0.15) is 35.2 Å². The number of nitrogens with zero attached hydrogens (tertiary/aromatic N) is 5. The minimum atomic E-state index is -0.600. The molecule has 2 saturated heterocycles. The maximum atomic E-state index is 11.4. The molecule has 0 aliphatic carbocycles. The summed E-state index contributed by atoms with van der Waals surface area (Å²) in [6.45, 7) is 4.99. The number of benzene rings is 1. The number of para-hydroxylation sites is 1. The molecule has 2 aromatic heterocycles. The molecule has 160 valence electrons. The van der Waals surface area contributed by atoms with E-state index in [1.54, 1.807) is 5.48 Å². The van der Waals surface area contributed by atoms with Gasteiger partial charge in [0.25, 0.3) is 5.91 Å². The van der Waals surface area contributed by atoms with Gasteiger partial charge in [0, 0.05) is 50.2 Å². The lowest BCUT2D eigenvalue weighted by atomic mass is 9.78. The highest BCUT2D eigenvalue weighted by atomic mass is 16.5. The van der Waals surface area contributed by atoms with Gasteiger partial charge in [0.2, 0.25) is 5.95 Å². The zero-order chi connectivity index (χ0) is 21.3. The van der Waals surface area contributed by atoms with Crippen molar-refractivity contribution < 1.29 is 10.0 Å². The number of anilines is 1. The van der Waals surface area contributed by atoms with Gasteiger partial charge in [0.15, 0.2) is 0 Å².